The number of amides is 1. The van der Waals surface area contributed by atoms with E-state index in [9.17, 15) is 9.18 Å². The number of nitrogens with one attached hydrogen (secondary N) is 1. The van der Waals surface area contributed by atoms with Gasteiger partial charge in [0.05, 0.1) is 10.0 Å². The predicted octanol–water partition coefficient (Wildman–Crippen LogP) is 4.22. The van der Waals surface area contributed by atoms with Crippen molar-refractivity contribution in [3.05, 3.63) is 28.0 Å². The molecule has 20 heavy (non-hydrogen) atoms. The summed E-state index contributed by atoms with van der Waals surface area (Å²) in [6, 6.07) is 2.40. The molecule has 3 N–H and O–H groups in total. The maximum absolute atomic E-state index is 13.2. The topological polar surface area (TPSA) is 55.1 Å². The molecule has 0 saturated heterocycles. The average molecular weight is 321 g/mol. The third-order valence-corrected chi connectivity index (χ3v) is 3.14. The van der Waals surface area contributed by atoms with Crippen molar-refractivity contribution < 1.29 is 9.18 Å². The fourth-order valence-electron chi connectivity index (χ4n) is 1.94. The van der Waals surface area contributed by atoms with Crippen LogP contribution < -0.4 is 11.1 Å². The van der Waals surface area contributed by atoms with Crippen LogP contribution in [0.5, 0.6) is 0 Å². The summed E-state index contributed by atoms with van der Waals surface area (Å²) < 4.78 is 13.2. The van der Waals surface area contributed by atoms with E-state index in [-0.39, 0.29) is 33.8 Å². The molecule has 0 aliphatic rings. The molecule has 112 valence electrons. The Kier molecular flexibility index (Phi) is 5.80. The molecule has 0 heterocycles. The van der Waals surface area contributed by atoms with Crippen LogP contribution in [0.2, 0.25) is 10.0 Å². The Bertz CT molecular complexity index is 477. The SMILES string of the molecule is CC(C)(C)CC(N)CC(=O)Nc1cc(Cl)c(F)c(Cl)c1. The second-order valence-electron chi connectivity index (χ2n) is 6.03. The lowest BCUT2D eigenvalue weighted by atomic mass is 9.87. The van der Waals surface area contributed by atoms with E-state index in [0.717, 1.165) is 6.42 Å². The highest BCUT2D eigenvalue weighted by Gasteiger charge is 2.18. The average Bonchev–Trinajstić information content (AvgIpc) is 2.22. The van der Waals surface area contributed by atoms with Gasteiger partial charge in [-0.05, 0) is 24.0 Å². The number of hydrogen-bond acceptors (Lipinski definition) is 2. The second-order valence-corrected chi connectivity index (χ2v) is 6.85. The van der Waals surface area contributed by atoms with E-state index < -0.39 is 5.82 Å². The van der Waals surface area contributed by atoms with E-state index in [2.05, 4.69) is 26.1 Å². The van der Waals surface area contributed by atoms with Gasteiger partial charge in [0.15, 0.2) is 5.82 Å². The van der Waals surface area contributed by atoms with Crippen LogP contribution in [0.3, 0.4) is 0 Å². The van der Waals surface area contributed by atoms with Gasteiger partial charge >= 0.3 is 0 Å². The standard InChI is InChI=1S/C14H19Cl2FN2O/c1-14(2,3)7-8(18)4-12(20)19-9-5-10(15)13(17)11(16)6-9/h5-6,8H,4,7,18H2,1-3H3,(H,19,20). The van der Waals surface area contributed by atoms with E-state index in [1.807, 2.05) is 0 Å². The van der Waals surface area contributed by atoms with Crippen LogP contribution in [-0.2, 0) is 4.79 Å². The van der Waals surface area contributed by atoms with Crippen molar-refractivity contribution in [2.24, 2.45) is 11.1 Å². The second kappa shape index (κ2) is 6.74. The number of carbonyl (C=O) groups excluding carboxylic acids is 1. The third kappa shape index (κ3) is 5.65. The molecule has 0 radical (unpaired) electrons. The minimum Gasteiger partial charge on any atom is -0.327 e. The highest BCUT2D eigenvalue weighted by atomic mass is 35.5. The van der Waals surface area contributed by atoms with Gasteiger partial charge < -0.3 is 11.1 Å². The number of nitrogens with two attached hydrogens (primary N) is 1. The van der Waals surface area contributed by atoms with E-state index in [4.69, 9.17) is 28.9 Å². The summed E-state index contributed by atoms with van der Waals surface area (Å²) in [6.07, 6.45) is 0.912. The van der Waals surface area contributed by atoms with Crippen molar-refractivity contribution in [3.63, 3.8) is 0 Å². The molecule has 0 aromatic heterocycles. The van der Waals surface area contributed by atoms with Gasteiger partial charge in [-0.15, -0.1) is 0 Å². The first-order chi connectivity index (χ1) is 9.08. The zero-order chi connectivity index (χ0) is 15.5. The number of halogens is 3. The number of carbonyl (C=O) groups is 1. The molecule has 3 nitrogen and oxygen atoms in total. The largest absolute Gasteiger partial charge is 0.327 e. The van der Waals surface area contributed by atoms with Crippen molar-refractivity contribution in [3.8, 4) is 0 Å². The molecule has 1 unspecified atom stereocenters. The summed E-state index contributed by atoms with van der Waals surface area (Å²) in [5.74, 6) is -0.948. The maximum atomic E-state index is 13.2. The van der Waals surface area contributed by atoms with Gasteiger partial charge in [0.1, 0.15) is 0 Å². The first kappa shape index (κ1) is 17.2. The summed E-state index contributed by atoms with van der Waals surface area (Å²) in [5, 5.41) is 2.35. The molecule has 1 aromatic rings. The Labute approximate surface area is 128 Å². The van der Waals surface area contributed by atoms with Gasteiger partial charge in [-0.25, -0.2) is 4.39 Å². The summed E-state index contributed by atoms with van der Waals surface area (Å²) in [7, 11) is 0. The van der Waals surface area contributed by atoms with E-state index in [1.54, 1.807) is 0 Å². The molecule has 6 heteroatoms. The smallest absolute Gasteiger partial charge is 0.225 e. The number of rotatable bonds is 4. The van der Waals surface area contributed by atoms with Gasteiger partial charge in [0.2, 0.25) is 5.91 Å². The first-order valence-corrected chi connectivity index (χ1v) is 7.04. The van der Waals surface area contributed by atoms with E-state index in [0.29, 0.717) is 5.69 Å². The minimum atomic E-state index is -0.698. The Balaban J connectivity index is 2.63. The molecular weight excluding hydrogens is 302 g/mol. The van der Waals surface area contributed by atoms with Gasteiger partial charge in [-0.1, -0.05) is 44.0 Å². The molecule has 0 fully saturated rings. The lowest BCUT2D eigenvalue weighted by Gasteiger charge is -2.22. The zero-order valence-corrected chi connectivity index (χ0v) is 13.3. The zero-order valence-electron chi connectivity index (χ0n) is 11.8. The van der Waals surface area contributed by atoms with Gasteiger partial charge in [0.25, 0.3) is 0 Å². The number of hydrogen-bond donors (Lipinski definition) is 2. The van der Waals surface area contributed by atoms with Gasteiger partial charge in [-0.2, -0.15) is 0 Å². The Morgan fingerprint density at radius 1 is 1.35 bits per heavy atom. The fourth-order valence-corrected chi connectivity index (χ4v) is 2.42. The minimum absolute atomic E-state index is 0.0577. The van der Waals surface area contributed by atoms with Crippen molar-refractivity contribution in [2.45, 2.75) is 39.7 Å². The third-order valence-electron chi connectivity index (χ3n) is 2.59. The van der Waals surface area contributed by atoms with Crippen molar-refractivity contribution in [1.29, 1.82) is 0 Å². The van der Waals surface area contributed by atoms with Crippen LogP contribution in [-0.4, -0.2) is 11.9 Å². The maximum Gasteiger partial charge on any atom is 0.225 e. The highest BCUT2D eigenvalue weighted by molar-refractivity contribution is 6.35. The van der Waals surface area contributed by atoms with Crippen LogP contribution in [0.4, 0.5) is 10.1 Å². The summed E-state index contributed by atoms with van der Waals surface area (Å²) >= 11 is 11.3. The molecule has 1 rings (SSSR count). The Morgan fingerprint density at radius 3 is 2.30 bits per heavy atom. The normalized spacial score (nSPS) is 13.2. The summed E-state index contributed by atoms with van der Waals surface area (Å²) in [4.78, 5) is 11.8. The van der Waals surface area contributed by atoms with Crippen molar-refractivity contribution in [2.75, 3.05) is 5.32 Å². The van der Waals surface area contributed by atoms with Crippen LogP contribution >= 0.6 is 23.2 Å². The lowest BCUT2D eigenvalue weighted by Crippen LogP contribution is -2.31. The van der Waals surface area contributed by atoms with E-state index in [1.165, 1.54) is 12.1 Å². The summed E-state index contributed by atoms with van der Waals surface area (Å²) in [5.41, 5.74) is 6.34. The molecule has 1 amide bonds. The highest BCUT2D eigenvalue weighted by Crippen LogP contribution is 2.27. The number of benzene rings is 1. The van der Waals surface area contributed by atoms with Crippen molar-refractivity contribution >= 4 is 34.8 Å². The molecule has 0 saturated carbocycles. The molecule has 0 aliphatic carbocycles. The van der Waals surface area contributed by atoms with Gasteiger partial charge in [-0.3, -0.25) is 4.79 Å². The van der Waals surface area contributed by atoms with Crippen LogP contribution in [0.15, 0.2) is 12.1 Å². The Hall–Kier alpha value is -0.840. The van der Waals surface area contributed by atoms with Crippen LogP contribution in [0.1, 0.15) is 33.6 Å². The molecular formula is C14H19Cl2FN2O. The summed E-state index contributed by atoms with van der Waals surface area (Å²) in [6.45, 7) is 6.18. The predicted molar refractivity (Wildman–Crippen MR) is 81.7 cm³/mol. The molecule has 1 aromatic carbocycles. The molecule has 0 aliphatic heterocycles. The quantitative estimate of drug-likeness (QED) is 0.816. The Morgan fingerprint density at radius 2 is 1.85 bits per heavy atom. The van der Waals surface area contributed by atoms with Crippen LogP contribution in [0, 0.1) is 11.2 Å². The molecule has 0 bridgehead atoms. The number of anilines is 1. The monoisotopic (exact) mass is 320 g/mol. The lowest BCUT2D eigenvalue weighted by molar-refractivity contribution is -0.116. The molecule has 1 atom stereocenters. The first-order valence-electron chi connectivity index (χ1n) is 6.28. The molecule has 0 spiro atoms. The fraction of sp³-hybridized carbons (Fsp3) is 0.500. The van der Waals surface area contributed by atoms with Crippen LogP contribution in [0.25, 0.3) is 0 Å². The van der Waals surface area contributed by atoms with Crippen molar-refractivity contribution in [1.82, 2.24) is 0 Å². The van der Waals surface area contributed by atoms with Gasteiger partial charge in [0, 0.05) is 18.2 Å². The van der Waals surface area contributed by atoms with E-state index >= 15 is 0 Å².